The molecule has 3 rings (SSSR count). The largest absolute Gasteiger partial charge is 0.396 e. The van der Waals surface area contributed by atoms with Crippen molar-refractivity contribution in [2.45, 2.75) is 57.5 Å². The van der Waals surface area contributed by atoms with Gasteiger partial charge >= 0.3 is 6.03 Å². The van der Waals surface area contributed by atoms with E-state index in [1.165, 1.54) is 12.1 Å². The van der Waals surface area contributed by atoms with Gasteiger partial charge in [-0.25, -0.2) is 9.18 Å². The van der Waals surface area contributed by atoms with Crippen molar-refractivity contribution in [1.29, 1.82) is 0 Å². The molecule has 2 aliphatic heterocycles. The van der Waals surface area contributed by atoms with Gasteiger partial charge in [0.05, 0.1) is 0 Å². The molecule has 2 atom stereocenters. The Morgan fingerprint density at radius 1 is 1.16 bits per heavy atom. The van der Waals surface area contributed by atoms with Gasteiger partial charge in [-0.1, -0.05) is 12.1 Å². The van der Waals surface area contributed by atoms with E-state index in [0.29, 0.717) is 5.92 Å². The molecule has 2 saturated heterocycles. The van der Waals surface area contributed by atoms with E-state index in [4.69, 9.17) is 0 Å². The molecule has 2 aliphatic rings. The lowest BCUT2D eigenvalue weighted by Gasteiger charge is -2.38. The van der Waals surface area contributed by atoms with Gasteiger partial charge in [-0.05, 0) is 69.1 Å². The van der Waals surface area contributed by atoms with Crippen LogP contribution < -0.4 is 0 Å². The van der Waals surface area contributed by atoms with Gasteiger partial charge in [0.2, 0.25) is 0 Å². The number of aryl methyl sites for hydroxylation is 1. The van der Waals surface area contributed by atoms with Crippen LogP contribution in [-0.4, -0.2) is 52.7 Å². The van der Waals surface area contributed by atoms with Crippen LogP contribution in [0.3, 0.4) is 0 Å². The summed E-state index contributed by atoms with van der Waals surface area (Å²) in [5.41, 5.74) is 1.12. The average Bonchev–Trinajstić information content (AvgIpc) is 3.01. The second-order valence-electron chi connectivity index (χ2n) is 7.55. The highest BCUT2D eigenvalue weighted by Crippen LogP contribution is 2.29. The average molecular weight is 348 g/mol. The first-order valence-corrected chi connectivity index (χ1v) is 9.51. The minimum absolute atomic E-state index is 0.158. The van der Waals surface area contributed by atoms with E-state index in [2.05, 4.69) is 11.8 Å². The lowest BCUT2D eigenvalue weighted by atomic mass is 9.98. The first-order valence-electron chi connectivity index (χ1n) is 9.51. The Morgan fingerprint density at radius 2 is 1.84 bits per heavy atom. The Morgan fingerprint density at radius 3 is 2.48 bits per heavy atom. The molecular formula is C20H29FN2O2. The van der Waals surface area contributed by atoms with E-state index in [-0.39, 0.29) is 30.5 Å². The predicted octanol–water partition coefficient (Wildman–Crippen LogP) is 3.44. The lowest BCUT2D eigenvalue weighted by Crippen LogP contribution is -2.50. The second kappa shape index (κ2) is 8.17. The summed E-state index contributed by atoms with van der Waals surface area (Å²) in [7, 11) is 0. The highest BCUT2D eigenvalue weighted by atomic mass is 19.1. The summed E-state index contributed by atoms with van der Waals surface area (Å²) in [6.07, 6.45) is 5.67. The summed E-state index contributed by atoms with van der Waals surface area (Å²) in [6.45, 7) is 3.86. The standard InChI is InChI=1S/C20H29FN2O2/c1-15-2-8-19(9-5-16-3-6-18(21)7-4-16)23(15)20(25)22-12-10-17(14-24)11-13-22/h3-4,6-7,15,17,19,24H,2,5,8-14H2,1H3/t15-,19-/m1/s1. The van der Waals surface area contributed by atoms with E-state index in [0.717, 1.165) is 57.2 Å². The van der Waals surface area contributed by atoms with Crippen molar-refractivity contribution in [2.75, 3.05) is 19.7 Å². The molecule has 0 saturated carbocycles. The number of aliphatic hydroxyl groups is 1. The number of aliphatic hydroxyl groups excluding tert-OH is 1. The zero-order valence-electron chi connectivity index (χ0n) is 15.0. The number of carbonyl (C=O) groups excluding carboxylic acids is 1. The summed E-state index contributed by atoms with van der Waals surface area (Å²) in [5, 5.41) is 9.27. The molecule has 2 fully saturated rings. The summed E-state index contributed by atoms with van der Waals surface area (Å²) in [4.78, 5) is 17.0. The highest BCUT2D eigenvalue weighted by Gasteiger charge is 2.37. The molecule has 0 unspecified atom stereocenters. The Bertz CT molecular complexity index is 570. The number of piperidine rings is 1. The van der Waals surface area contributed by atoms with Crippen LogP contribution in [0.1, 0.15) is 44.6 Å². The van der Waals surface area contributed by atoms with Gasteiger partial charge in [0, 0.05) is 31.8 Å². The quantitative estimate of drug-likeness (QED) is 0.906. The number of nitrogens with zero attached hydrogens (tertiary/aromatic N) is 2. The molecule has 1 aromatic carbocycles. The molecule has 2 heterocycles. The van der Waals surface area contributed by atoms with Crippen molar-refractivity contribution in [3.05, 3.63) is 35.6 Å². The molecule has 138 valence electrons. The molecule has 0 bridgehead atoms. The first kappa shape index (κ1) is 18.2. The smallest absolute Gasteiger partial charge is 0.320 e. The number of likely N-dealkylation sites (tertiary alicyclic amines) is 2. The van der Waals surface area contributed by atoms with Crippen LogP contribution in [0.15, 0.2) is 24.3 Å². The van der Waals surface area contributed by atoms with Crippen LogP contribution >= 0.6 is 0 Å². The Hall–Kier alpha value is -1.62. The molecule has 2 amide bonds. The van der Waals surface area contributed by atoms with Crippen LogP contribution in [0.4, 0.5) is 9.18 Å². The van der Waals surface area contributed by atoms with Crippen LogP contribution in [0, 0.1) is 11.7 Å². The zero-order valence-corrected chi connectivity index (χ0v) is 15.0. The molecule has 5 heteroatoms. The van der Waals surface area contributed by atoms with E-state index >= 15 is 0 Å². The maximum Gasteiger partial charge on any atom is 0.320 e. The van der Waals surface area contributed by atoms with Gasteiger partial charge in [-0.3, -0.25) is 0 Å². The fourth-order valence-corrected chi connectivity index (χ4v) is 4.15. The van der Waals surface area contributed by atoms with Gasteiger partial charge in [-0.15, -0.1) is 0 Å². The van der Waals surface area contributed by atoms with Crippen molar-refractivity contribution in [1.82, 2.24) is 9.80 Å². The topological polar surface area (TPSA) is 43.8 Å². The molecule has 25 heavy (non-hydrogen) atoms. The maximum atomic E-state index is 13.0. The van der Waals surface area contributed by atoms with Gasteiger partial charge in [0.15, 0.2) is 0 Å². The van der Waals surface area contributed by atoms with Gasteiger partial charge in [0.1, 0.15) is 5.82 Å². The summed E-state index contributed by atoms with van der Waals surface area (Å²) >= 11 is 0. The molecule has 1 N–H and O–H groups in total. The highest BCUT2D eigenvalue weighted by molar-refractivity contribution is 5.75. The molecule has 0 spiro atoms. The Labute approximate surface area is 149 Å². The van der Waals surface area contributed by atoms with E-state index in [1.807, 2.05) is 17.0 Å². The normalized spacial score (nSPS) is 24.8. The summed E-state index contributed by atoms with van der Waals surface area (Å²) in [6, 6.07) is 7.37. The van der Waals surface area contributed by atoms with Crippen LogP contribution in [0.25, 0.3) is 0 Å². The number of urea groups is 1. The van der Waals surface area contributed by atoms with Crippen molar-refractivity contribution < 1.29 is 14.3 Å². The fourth-order valence-electron chi connectivity index (χ4n) is 4.15. The summed E-state index contributed by atoms with van der Waals surface area (Å²) in [5.74, 6) is 0.135. The van der Waals surface area contributed by atoms with E-state index in [9.17, 15) is 14.3 Å². The Kier molecular flexibility index (Phi) is 5.94. The van der Waals surface area contributed by atoms with Crippen molar-refractivity contribution in [2.24, 2.45) is 5.92 Å². The second-order valence-corrected chi connectivity index (χ2v) is 7.55. The van der Waals surface area contributed by atoms with E-state index < -0.39 is 0 Å². The number of hydrogen-bond acceptors (Lipinski definition) is 2. The number of hydrogen-bond donors (Lipinski definition) is 1. The van der Waals surface area contributed by atoms with Gasteiger partial charge in [-0.2, -0.15) is 0 Å². The zero-order chi connectivity index (χ0) is 17.8. The first-order chi connectivity index (χ1) is 12.1. The third-order valence-electron chi connectivity index (χ3n) is 5.83. The Balaban J connectivity index is 1.58. The number of rotatable bonds is 4. The maximum absolute atomic E-state index is 13.0. The monoisotopic (exact) mass is 348 g/mol. The summed E-state index contributed by atoms with van der Waals surface area (Å²) < 4.78 is 13.0. The molecule has 1 aromatic rings. The molecule has 0 aromatic heterocycles. The lowest BCUT2D eigenvalue weighted by molar-refractivity contribution is 0.101. The number of halogens is 1. The van der Waals surface area contributed by atoms with Crippen molar-refractivity contribution >= 4 is 6.03 Å². The number of benzene rings is 1. The molecular weight excluding hydrogens is 319 g/mol. The minimum atomic E-state index is -0.207. The predicted molar refractivity (Wildman–Crippen MR) is 95.8 cm³/mol. The number of carbonyl (C=O) groups is 1. The van der Waals surface area contributed by atoms with Crippen LogP contribution in [0.5, 0.6) is 0 Å². The van der Waals surface area contributed by atoms with Crippen molar-refractivity contribution in [3.8, 4) is 0 Å². The van der Waals surface area contributed by atoms with Gasteiger partial charge in [0.25, 0.3) is 0 Å². The SMILES string of the molecule is C[C@@H]1CC[C@H](CCc2ccc(F)cc2)N1C(=O)N1CCC(CO)CC1. The van der Waals surface area contributed by atoms with Crippen LogP contribution in [-0.2, 0) is 6.42 Å². The molecule has 4 nitrogen and oxygen atoms in total. The minimum Gasteiger partial charge on any atom is -0.396 e. The van der Waals surface area contributed by atoms with Gasteiger partial charge < -0.3 is 14.9 Å². The third-order valence-corrected chi connectivity index (χ3v) is 5.83. The van der Waals surface area contributed by atoms with E-state index in [1.54, 1.807) is 0 Å². The third kappa shape index (κ3) is 4.32. The molecule has 0 radical (unpaired) electrons. The number of amides is 2. The van der Waals surface area contributed by atoms with Crippen molar-refractivity contribution in [3.63, 3.8) is 0 Å². The molecule has 0 aliphatic carbocycles. The van der Waals surface area contributed by atoms with Crippen LogP contribution in [0.2, 0.25) is 0 Å². The fraction of sp³-hybridized carbons (Fsp3) is 0.650.